The van der Waals surface area contributed by atoms with Crippen molar-refractivity contribution in [3.63, 3.8) is 0 Å². The maximum absolute atomic E-state index is 12.2. The number of aromatic nitrogens is 4. The summed E-state index contributed by atoms with van der Waals surface area (Å²) in [7, 11) is 0. The van der Waals surface area contributed by atoms with E-state index in [9.17, 15) is 18.0 Å². The number of alkyl halides is 3. The zero-order valence-corrected chi connectivity index (χ0v) is 14.7. The minimum atomic E-state index is -4.47. The number of fused-ring (bicyclic) bond motifs is 1. The van der Waals surface area contributed by atoms with Gasteiger partial charge in [-0.25, -0.2) is 9.97 Å². The van der Waals surface area contributed by atoms with Gasteiger partial charge in [0.15, 0.2) is 0 Å². The van der Waals surface area contributed by atoms with Crippen LogP contribution in [0.15, 0.2) is 36.4 Å². The van der Waals surface area contributed by atoms with Crippen molar-refractivity contribution in [2.75, 3.05) is 6.54 Å². The monoisotopic (exact) mass is 395 g/mol. The first-order valence-electron chi connectivity index (χ1n) is 7.71. The highest BCUT2D eigenvalue weighted by Gasteiger charge is 2.27. The standard InChI is InChI=1S/C17H13ClF3N5O/c1-9(16(27)25-8-17(19,20)21)2-11-5-22-7-14(26-11)13-6-24-15-12(13)3-10(18)4-23-15/h2-7H,8H2,1H3,(H,23,24)(H,25,27)/b9-2+. The Morgan fingerprint density at radius 1 is 1.33 bits per heavy atom. The summed E-state index contributed by atoms with van der Waals surface area (Å²) in [5.74, 6) is -0.831. The number of nitrogens with one attached hydrogen (secondary N) is 2. The first-order chi connectivity index (χ1) is 12.7. The van der Waals surface area contributed by atoms with Crippen molar-refractivity contribution in [3.8, 4) is 11.3 Å². The highest BCUT2D eigenvalue weighted by atomic mass is 35.5. The fourth-order valence-electron chi connectivity index (χ4n) is 2.38. The highest BCUT2D eigenvalue weighted by molar-refractivity contribution is 6.31. The van der Waals surface area contributed by atoms with E-state index in [2.05, 4.69) is 19.9 Å². The lowest BCUT2D eigenvalue weighted by Crippen LogP contribution is -2.34. The molecule has 0 unspecified atom stereocenters. The molecule has 3 aromatic rings. The third kappa shape index (κ3) is 4.62. The second kappa shape index (κ2) is 7.36. The van der Waals surface area contributed by atoms with E-state index < -0.39 is 18.6 Å². The Morgan fingerprint density at radius 3 is 2.85 bits per heavy atom. The van der Waals surface area contributed by atoms with Crippen molar-refractivity contribution in [1.82, 2.24) is 25.3 Å². The second-order valence-electron chi connectivity index (χ2n) is 5.71. The molecule has 0 spiro atoms. The van der Waals surface area contributed by atoms with E-state index in [1.807, 2.05) is 0 Å². The molecule has 3 aromatic heterocycles. The van der Waals surface area contributed by atoms with E-state index in [4.69, 9.17) is 11.6 Å². The average Bonchev–Trinajstić information content (AvgIpc) is 3.02. The number of hydrogen-bond acceptors (Lipinski definition) is 4. The first-order valence-corrected chi connectivity index (χ1v) is 8.09. The van der Waals surface area contributed by atoms with Gasteiger partial charge in [0.2, 0.25) is 5.91 Å². The SMILES string of the molecule is C/C(=C\c1cncc(-c2c[nH]c3ncc(Cl)cc23)n1)C(=O)NCC(F)(F)F. The van der Waals surface area contributed by atoms with Crippen molar-refractivity contribution in [2.24, 2.45) is 0 Å². The molecule has 0 bridgehead atoms. The summed E-state index contributed by atoms with van der Waals surface area (Å²) in [4.78, 5) is 27.4. The smallest absolute Gasteiger partial charge is 0.345 e. The van der Waals surface area contributed by atoms with Gasteiger partial charge in [-0.2, -0.15) is 13.2 Å². The van der Waals surface area contributed by atoms with E-state index in [0.717, 1.165) is 5.39 Å². The summed E-state index contributed by atoms with van der Waals surface area (Å²) in [6, 6.07) is 1.73. The number of carbonyl (C=O) groups is 1. The lowest BCUT2D eigenvalue weighted by atomic mass is 10.1. The van der Waals surface area contributed by atoms with Gasteiger partial charge in [-0.1, -0.05) is 11.6 Å². The molecule has 3 rings (SSSR count). The van der Waals surface area contributed by atoms with Gasteiger partial charge in [-0.15, -0.1) is 0 Å². The Hall–Kier alpha value is -2.94. The summed E-state index contributed by atoms with van der Waals surface area (Å²) < 4.78 is 36.6. The van der Waals surface area contributed by atoms with Crippen LogP contribution in [0.5, 0.6) is 0 Å². The van der Waals surface area contributed by atoms with E-state index in [1.165, 1.54) is 31.6 Å². The number of carbonyl (C=O) groups excluding carboxylic acids is 1. The molecule has 0 aliphatic rings. The van der Waals surface area contributed by atoms with E-state index in [-0.39, 0.29) is 5.57 Å². The van der Waals surface area contributed by atoms with Gasteiger partial charge in [-0.3, -0.25) is 9.78 Å². The molecule has 2 N–H and O–H groups in total. The Labute approximate surface area is 156 Å². The van der Waals surface area contributed by atoms with Crippen LogP contribution in [0.2, 0.25) is 5.02 Å². The fraction of sp³-hybridized carbons (Fsp3) is 0.176. The van der Waals surface area contributed by atoms with Crippen molar-refractivity contribution >= 4 is 34.6 Å². The zero-order valence-electron chi connectivity index (χ0n) is 13.9. The van der Waals surface area contributed by atoms with E-state index in [0.29, 0.717) is 27.6 Å². The Bertz CT molecular complexity index is 1030. The molecule has 0 radical (unpaired) electrons. The number of H-pyrrole nitrogens is 1. The predicted octanol–water partition coefficient (Wildman–Crippen LogP) is 3.76. The fourth-order valence-corrected chi connectivity index (χ4v) is 2.54. The highest BCUT2D eigenvalue weighted by Crippen LogP contribution is 2.28. The quantitative estimate of drug-likeness (QED) is 0.659. The molecule has 140 valence electrons. The third-order valence-electron chi connectivity index (χ3n) is 3.60. The summed E-state index contributed by atoms with van der Waals surface area (Å²) in [5, 5.41) is 3.02. The number of hydrogen-bond donors (Lipinski definition) is 2. The molecule has 0 saturated carbocycles. The number of rotatable bonds is 4. The van der Waals surface area contributed by atoms with Gasteiger partial charge in [-0.05, 0) is 19.1 Å². The van der Waals surface area contributed by atoms with Crippen LogP contribution in [-0.2, 0) is 4.79 Å². The van der Waals surface area contributed by atoms with Crippen LogP contribution >= 0.6 is 11.6 Å². The molecule has 1 amide bonds. The molecule has 27 heavy (non-hydrogen) atoms. The van der Waals surface area contributed by atoms with E-state index >= 15 is 0 Å². The second-order valence-corrected chi connectivity index (χ2v) is 6.14. The van der Waals surface area contributed by atoms with Gasteiger partial charge in [0, 0.05) is 28.9 Å². The zero-order chi connectivity index (χ0) is 19.6. The third-order valence-corrected chi connectivity index (χ3v) is 3.81. The van der Waals surface area contributed by atoms with Gasteiger partial charge in [0.25, 0.3) is 0 Å². The molecule has 0 saturated heterocycles. The lowest BCUT2D eigenvalue weighted by molar-refractivity contribution is -0.136. The summed E-state index contributed by atoms with van der Waals surface area (Å²) in [5.41, 5.74) is 2.25. The largest absolute Gasteiger partial charge is 0.405 e. The number of nitrogens with zero attached hydrogens (tertiary/aromatic N) is 3. The number of halogens is 4. The van der Waals surface area contributed by atoms with Gasteiger partial charge in [0.1, 0.15) is 12.2 Å². The lowest BCUT2D eigenvalue weighted by Gasteiger charge is -2.08. The van der Waals surface area contributed by atoms with Gasteiger partial charge < -0.3 is 10.3 Å². The van der Waals surface area contributed by atoms with Gasteiger partial charge >= 0.3 is 6.18 Å². The Balaban J connectivity index is 1.87. The minimum absolute atomic E-state index is 0.0781. The maximum Gasteiger partial charge on any atom is 0.405 e. The molecule has 10 heteroatoms. The molecule has 3 heterocycles. The van der Waals surface area contributed by atoms with Crippen LogP contribution in [0.4, 0.5) is 13.2 Å². The summed E-state index contributed by atoms with van der Waals surface area (Å²) in [6.07, 6.45) is 3.04. The van der Waals surface area contributed by atoms with Crippen molar-refractivity contribution < 1.29 is 18.0 Å². The van der Waals surface area contributed by atoms with Crippen LogP contribution in [0.3, 0.4) is 0 Å². The molecular weight excluding hydrogens is 383 g/mol. The minimum Gasteiger partial charge on any atom is -0.345 e. The molecule has 0 atom stereocenters. The Morgan fingerprint density at radius 2 is 2.11 bits per heavy atom. The predicted molar refractivity (Wildman–Crippen MR) is 94.8 cm³/mol. The number of amides is 1. The van der Waals surface area contributed by atoms with Crippen LogP contribution < -0.4 is 5.32 Å². The Kier molecular flexibility index (Phi) is 5.13. The number of aromatic amines is 1. The molecule has 0 aliphatic carbocycles. The maximum atomic E-state index is 12.2. The first kappa shape index (κ1) is 18.8. The number of pyridine rings is 1. The van der Waals surface area contributed by atoms with Crippen LogP contribution in [0, 0.1) is 0 Å². The molecule has 0 fully saturated rings. The van der Waals surface area contributed by atoms with Crippen LogP contribution in [0.1, 0.15) is 12.6 Å². The topological polar surface area (TPSA) is 83.6 Å². The summed E-state index contributed by atoms with van der Waals surface area (Å²) >= 11 is 5.99. The molecule has 0 aliphatic heterocycles. The molecule has 6 nitrogen and oxygen atoms in total. The van der Waals surface area contributed by atoms with Crippen molar-refractivity contribution in [3.05, 3.63) is 47.1 Å². The normalized spacial score (nSPS) is 12.4. The van der Waals surface area contributed by atoms with Crippen molar-refractivity contribution in [1.29, 1.82) is 0 Å². The van der Waals surface area contributed by atoms with Crippen molar-refractivity contribution in [2.45, 2.75) is 13.1 Å². The molecule has 0 aromatic carbocycles. The summed E-state index contributed by atoms with van der Waals surface area (Å²) in [6.45, 7) is 0.00127. The van der Waals surface area contributed by atoms with Crippen LogP contribution in [-0.4, -0.2) is 38.6 Å². The van der Waals surface area contributed by atoms with Gasteiger partial charge in [0.05, 0.1) is 28.8 Å². The molecular formula is C17H13ClF3N5O. The average molecular weight is 396 g/mol. The van der Waals surface area contributed by atoms with E-state index in [1.54, 1.807) is 17.6 Å². The van der Waals surface area contributed by atoms with Crippen LogP contribution in [0.25, 0.3) is 28.4 Å².